The minimum absolute atomic E-state index is 0.284. The molecule has 0 radical (unpaired) electrons. The van der Waals surface area contributed by atoms with Crippen molar-refractivity contribution in [2.45, 2.75) is 6.54 Å². The van der Waals surface area contributed by atoms with Gasteiger partial charge in [-0.05, 0) is 48.7 Å². The summed E-state index contributed by atoms with van der Waals surface area (Å²) >= 11 is 3.06. The number of aromatic nitrogens is 1. The first-order chi connectivity index (χ1) is 12.5. The van der Waals surface area contributed by atoms with Crippen LogP contribution in [0.3, 0.4) is 0 Å². The molecule has 1 aromatic heterocycles. The van der Waals surface area contributed by atoms with Gasteiger partial charge in [-0.2, -0.15) is 16.8 Å². The number of anilines is 1. The molecule has 3 rings (SSSR count). The van der Waals surface area contributed by atoms with E-state index in [1.165, 1.54) is 23.5 Å². The second kappa shape index (κ2) is 8.05. The number of hydrogen-bond donors (Lipinski definition) is 0. The molecule has 0 saturated carbocycles. The molecule has 0 unspecified atom stereocenters. The molecule has 0 aliphatic heterocycles. The van der Waals surface area contributed by atoms with E-state index >= 15 is 0 Å². The van der Waals surface area contributed by atoms with Gasteiger partial charge in [0.05, 0.1) is 10.2 Å². The highest BCUT2D eigenvalue weighted by Crippen LogP contribution is 2.19. The topological polar surface area (TPSA) is 37.6 Å². The van der Waals surface area contributed by atoms with Crippen molar-refractivity contribution in [2.75, 3.05) is 31.0 Å². The van der Waals surface area contributed by atoms with E-state index in [1.807, 2.05) is 42.0 Å². The lowest BCUT2D eigenvalue weighted by molar-refractivity contribution is 0.0998. The van der Waals surface area contributed by atoms with E-state index in [1.54, 1.807) is 30.0 Å². The highest BCUT2D eigenvalue weighted by Gasteiger charge is 2.10. The largest absolute Gasteiger partial charge is 0.378 e. The smallest absolute Gasteiger partial charge is 0.279 e. The number of rotatable bonds is 5. The van der Waals surface area contributed by atoms with E-state index in [2.05, 4.69) is 4.99 Å². The summed E-state index contributed by atoms with van der Waals surface area (Å²) in [5.74, 6) is 0.315. The molecule has 26 heavy (non-hydrogen) atoms. The van der Waals surface area contributed by atoms with Gasteiger partial charge in [0.2, 0.25) is 0 Å². The quantitative estimate of drug-likeness (QED) is 0.662. The number of halogens is 1. The standard InChI is InChI=1S/C19H20FN3OS2/c1-22(2)15-7-4-13(5-8-15)18(24)21-19-23(10-11-25-3)16-9-6-14(20)12-17(16)26-19/h4-9,12H,10-11H2,1-3H3. The zero-order valence-corrected chi connectivity index (χ0v) is 16.5. The molecular formula is C19H20FN3OS2. The Balaban J connectivity index is 2.03. The maximum atomic E-state index is 13.6. The van der Waals surface area contributed by atoms with Crippen LogP contribution in [0.25, 0.3) is 10.2 Å². The average Bonchev–Trinajstić information content (AvgIpc) is 2.95. The van der Waals surface area contributed by atoms with E-state index in [9.17, 15) is 9.18 Å². The van der Waals surface area contributed by atoms with Crippen LogP contribution in [0.1, 0.15) is 10.4 Å². The summed E-state index contributed by atoms with van der Waals surface area (Å²) in [5.41, 5.74) is 2.46. The van der Waals surface area contributed by atoms with Gasteiger partial charge in [0.1, 0.15) is 5.82 Å². The fourth-order valence-corrected chi connectivity index (χ4v) is 4.03. The molecule has 0 aliphatic rings. The van der Waals surface area contributed by atoms with Crippen molar-refractivity contribution < 1.29 is 9.18 Å². The molecule has 2 aromatic carbocycles. The van der Waals surface area contributed by atoms with E-state index in [-0.39, 0.29) is 11.7 Å². The van der Waals surface area contributed by atoms with E-state index in [4.69, 9.17) is 0 Å². The number of amides is 1. The second-order valence-corrected chi connectivity index (χ2v) is 7.99. The number of carbonyl (C=O) groups is 1. The van der Waals surface area contributed by atoms with Crippen LogP contribution in [0, 0.1) is 5.82 Å². The van der Waals surface area contributed by atoms with Crippen molar-refractivity contribution in [3.63, 3.8) is 0 Å². The molecule has 1 amide bonds. The first-order valence-electron chi connectivity index (χ1n) is 8.14. The Bertz CT molecular complexity index is 990. The normalized spacial score (nSPS) is 11.9. The first-order valence-corrected chi connectivity index (χ1v) is 10.3. The third-order valence-corrected chi connectivity index (χ3v) is 5.62. The number of aryl methyl sites for hydroxylation is 1. The summed E-state index contributed by atoms with van der Waals surface area (Å²) in [5, 5.41) is 0. The van der Waals surface area contributed by atoms with Gasteiger partial charge in [-0.3, -0.25) is 4.79 Å². The minimum atomic E-state index is -0.291. The number of thioether (sulfide) groups is 1. The van der Waals surface area contributed by atoms with Crippen LogP contribution in [0.5, 0.6) is 0 Å². The third-order valence-electron chi connectivity index (χ3n) is 3.99. The molecule has 0 spiro atoms. The monoisotopic (exact) mass is 389 g/mol. The van der Waals surface area contributed by atoms with Crippen LogP contribution in [-0.2, 0) is 6.54 Å². The average molecular weight is 390 g/mol. The van der Waals surface area contributed by atoms with Gasteiger partial charge in [-0.1, -0.05) is 11.3 Å². The number of carbonyl (C=O) groups excluding carboxylic acids is 1. The Labute approximate surface area is 160 Å². The van der Waals surface area contributed by atoms with Crippen molar-refractivity contribution in [3.8, 4) is 0 Å². The zero-order valence-electron chi connectivity index (χ0n) is 14.9. The predicted molar refractivity (Wildman–Crippen MR) is 109 cm³/mol. The molecule has 0 saturated heterocycles. The van der Waals surface area contributed by atoms with E-state index < -0.39 is 0 Å². The van der Waals surface area contributed by atoms with Gasteiger partial charge in [-0.15, -0.1) is 0 Å². The third kappa shape index (κ3) is 3.99. The predicted octanol–water partition coefficient (Wildman–Crippen LogP) is 4.01. The molecular weight excluding hydrogens is 369 g/mol. The fraction of sp³-hybridized carbons (Fsp3) is 0.263. The van der Waals surface area contributed by atoms with Crippen LogP contribution in [0.4, 0.5) is 10.1 Å². The molecule has 0 aliphatic carbocycles. The van der Waals surface area contributed by atoms with Gasteiger partial charge in [-0.25, -0.2) is 4.39 Å². The Kier molecular flexibility index (Phi) is 5.78. The molecule has 136 valence electrons. The summed E-state index contributed by atoms with van der Waals surface area (Å²) in [4.78, 5) is 19.5. The number of benzene rings is 2. The van der Waals surface area contributed by atoms with Crippen molar-refractivity contribution in [1.82, 2.24) is 4.57 Å². The highest BCUT2D eigenvalue weighted by molar-refractivity contribution is 7.98. The number of nitrogens with zero attached hydrogens (tertiary/aromatic N) is 3. The van der Waals surface area contributed by atoms with Crippen molar-refractivity contribution >= 4 is 44.9 Å². The van der Waals surface area contributed by atoms with E-state index in [0.29, 0.717) is 10.4 Å². The van der Waals surface area contributed by atoms with Crippen molar-refractivity contribution in [2.24, 2.45) is 4.99 Å². The summed E-state index contributed by atoms with van der Waals surface area (Å²) in [6, 6.07) is 12.0. The molecule has 0 N–H and O–H groups in total. The van der Waals surface area contributed by atoms with Crippen molar-refractivity contribution in [1.29, 1.82) is 0 Å². The lowest BCUT2D eigenvalue weighted by Crippen LogP contribution is -2.18. The molecule has 7 heteroatoms. The van der Waals surface area contributed by atoms with Gasteiger partial charge < -0.3 is 9.47 Å². The Morgan fingerprint density at radius 2 is 1.96 bits per heavy atom. The maximum Gasteiger partial charge on any atom is 0.279 e. The molecule has 0 bridgehead atoms. The summed E-state index contributed by atoms with van der Waals surface area (Å²) in [7, 11) is 3.90. The summed E-state index contributed by atoms with van der Waals surface area (Å²) < 4.78 is 16.3. The summed E-state index contributed by atoms with van der Waals surface area (Å²) in [6.45, 7) is 0.721. The summed E-state index contributed by atoms with van der Waals surface area (Å²) in [6.07, 6.45) is 2.03. The second-order valence-electron chi connectivity index (χ2n) is 6.00. The van der Waals surface area contributed by atoms with Crippen LogP contribution >= 0.6 is 23.1 Å². The zero-order chi connectivity index (χ0) is 18.7. The van der Waals surface area contributed by atoms with Crippen LogP contribution in [-0.4, -0.2) is 36.6 Å². The SMILES string of the molecule is CSCCn1c(=NC(=O)c2ccc(N(C)C)cc2)sc2cc(F)ccc21. The molecule has 1 heterocycles. The lowest BCUT2D eigenvalue weighted by Gasteiger charge is -2.11. The Morgan fingerprint density at radius 1 is 1.23 bits per heavy atom. The van der Waals surface area contributed by atoms with Crippen molar-refractivity contribution in [3.05, 3.63) is 58.6 Å². The number of thiazole rings is 1. The first kappa shape index (κ1) is 18.7. The number of hydrogen-bond acceptors (Lipinski definition) is 4. The number of fused-ring (bicyclic) bond motifs is 1. The Morgan fingerprint density at radius 3 is 2.62 bits per heavy atom. The van der Waals surface area contributed by atoms with Gasteiger partial charge >= 0.3 is 0 Å². The molecule has 4 nitrogen and oxygen atoms in total. The minimum Gasteiger partial charge on any atom is -0.378 e. The Hall–Kier alpha value is -2.12. The fourth-order valence-electron chi connectivity index (χ4n) is 2.58. The van der Waals surface area contributed by atoms with E-state index in [0.717, 1.165) is 28.2 Å². The lowest BCUT2D eigenvalue weighted by atomic mass is 10.2. The highest BCUT2D eigenvalue weighted by atomic mass is 32.2. The maximum absolute atomic E-state index is 13.6. The molecule has 3 aromatic rings. The van der Waals surface area contributed by atoms with Gasteiger partial charge in [0.25, 0.3) is 5.91 Å². The van der Waals surface area contributed by atoms with Gasteiger partial charge in [0, 0.05) is 37.6 Å². The molecule has 0 atom stereocenters. The van der Waals surface area contributed by atoms with Gasteiger partial charge in [0.15, 0.2) is 4.80 Å². The molecule has 0 fully saturated rings. The van der Waals surface area contributed by atoms with Crippen LogP contribution in [0.2, 0.25) is 0 Å². The van der Waals surface area contributed by atoms with Crippen LogP contribution < -0.4 is 9.70 Å². The van der Waals surface area contributed by atoms with Crippen LogP contribution in [0.15, 0.2) is 47.5 Å².